The molecule has 0 fully saturated rings. The molecule has 0 N–H and O–H groups in total. The third-order valence-corrected chi connectivity index (χ3v) is 3.13. The summed E-state index contributed by atoms with van der Waals surface area (Å²) in [5, 5.41) is 0.975. The molecule has 2 aromatic rings. The predicted octanol–water partition coefficient (Wildman–Crippen LogP) is 3.73. The molecule has 3 heteroatoms. The van der Waals surface area contributed by atoms with E-state index in [1.54, 1.807) is 0 Å². The van der Waals surface area contributed by atoms with Crippen molar-refractivity contribution >= 4 is 22.9 Å². The van der Waals surface area contributed by atoms with Crippen LogP contribution in [0.1, 0.15) is 16.1 Å². The van der Waals surface area contributed by atoms with E-state index in [1.165, 1.54) is 0 Å². The monoisotopic (exact) mass is 255 g/mol. The first-order valence-electron chi connectivity index (χ1n) is 6.16. The van der Waals surface area contributed by atoms with Crippen LogP contribution in [0, 0.1) is 6.92 Å². The number of furan rings is 1. The molecule has 0 radical (unpaired) electrons. The summed E-state index contributed by atoms with van der Waals surface area (Å²) < 4.78 is 5.55. The van der Waals surface area contributed by atoms with E-state index in [0.717, 1.165) is 41.6 Å². The zero-order chi connectivity index (χ0) is 13.8. The average Bonchev–Trinajstić information content (AvgIpc) is 2.74. The molecular formula is C16H17NO2. The normalized spacial score (nSPS) is 10.4. The summed E-state index contributed by atoms with van der Waals surface area (Å²) in [5.41, 5.74) is 2.64. The minimum atomic E-state index is 0.395. The maximum absolute atomic E-state index is 10.9. The quantitative estimate of drug-likeness (QED) is 0.582. The summed E-state index contributed by atoms with van der Waals surface area (Å²) in [4.78, 5) is 13.0. The van der Waals surface area contributed by atoms with Crippen molar-refractivity contribution in [3.8, 4) is 0 Å². The summed E-state index contributed by atoms with van der Waals surface area (Å²) in [6.45, 7) is 10.9. The number of fused-ring (bicyclic) bond motifs is 1. The van der Waals surface area contributed by atoms with Gasteiger partial charge in [0.15, 0.2) is 12.0 Å². The van der Waals surface area contributed by atoms with Crippen molar-refractivity contribution in [2.45, 2.75) is 6.92 Å². The molecule has 1 heterocycles. The van der Waals surface area contributed by atoms with Gasteiger partial charge in [0.1, 0.15) is 5.58 Å². The maximum atomic E-state index is 10.9. The van der Waals surface area contributed by atoms with Gasteiger partial charge in [-0.25, -0.2) is 0 Å². The topological polar surface area (TPSA) is 33.5 Å². The van der Waals surface area contributed by atoms with Crippen LogP contribution in [0.15, 0.2) is 47.9 Å². The van der Waals surface area contributed by atoms with Gasteiger partial charge in [-0.3, -0.25) is 4.79 Å². The molecule has 0 saturated heterocycles. The molecule has 0 spiro atoms. The van der Waals surface area contributed by atoms with Crippen LogP contribution in [0.2, 0.25) is 0 Å². The number of hydrogen-bond donors (Lipinski definition) is 0. The van der Waals surface area contributed by atoms with Crippen LogP contribution in [0.5, 0.6) is 0 Å². The number of aryl methyl sites for hydroxylation is 1. The minimum Gasteiger partial charge on any atom is -0.453 e. The molecule has 0 saturated carbocycles. The van der Waals surface area contributed by atoms with Crippen LogP contribution in [-0.4, -0.2) is 19.4 Å². The van der Waals surface area contributed by atoms with Crippen molar-refractivity contribution < 1.29 is 9.21 Å². The van der Waals surface area contributed by atoms with Crippen molar-refractivity contribution in [3.63, 3.8) is 0 Å². The summed E-state index contributed by atoms with van der Waals surface area (Å²) in [7, 11) is 0. The van der Waals surface area contributed by atoms with Gasteiger partial charge in [-0.2, -0.15) is 0 Å². The summed E-state index contributed by atoms with van der Waals surface area (Å²) in [6, 6.07) is 5.95. The lowest BCUT2D eigenvalue weighted by molar-refractivity contribution is 0.110. The number of anilines is 1. The SMILES string of the molecule is C=CCN(CC=C)c1ccc2c(C)c(C=O)oc2c1. The lowest BCUT2D eigenvalue weighted by Gasteiger charge is -2.21. The molecule has 0 bridgehead atoms. The first-order valence-corrected chi connectivity index (χ1v) is 6.16. The number of carbonyl (C=O) groups is 1. The number of benzene rings is 1. The van der Waals surface area contributed by atoms with Gasteiger partial charge >= 0.3 is 0 Å². The second-order valence-electron chi connectivity index (χ2n) is 4.37. The van der Waals surface area contributed by atoms with Gasteiger partial charge < -0.3 is 9.32 Å². The predicted molar refractivity (Wildman–Crippen MR) is 78.9 cm³/mol. The summed E-state index contributed by atoms with van der Waals surface area (Å²) in [6.07, 6.45) is 4.44. The van der Waals surface area contributed by atoms with Crippen molar-refractivity contribution in [2.75, 3.05) is 18.0 Å². The average molecular weight is 255 g/mol. The van der Waals surface area contributed by atoms with Gasteiger partial charge in [-0.05, 0) is 19.1 Å². The van der Waals surface area contributed by atoms with Gasteiger partial charge in [-0.1, -0.05) is 12.2 Å². The van der Waals surface area contributed by atoms with E-state index in [1.807, 2.05) is 37.3 Å². The Balaban J connectivity index is 2.47. The Kier molecular flexibility index (Phi) is 3.85. The smallest absolute Gasteiger partial charge is 0.185 e. The highest BCUT2D eigenvalue weighted by molar-refractivity contribution is 5.91. The van der Waals surface area contributed by atoms with Crippen LogP contribution in [0.3, 0.4) is 0 Å². The fourth-order valence-electron chi connectivity index (χ4n) is 2.14. The zero-order valence-electron chi connectivity index (χ0n) is 11.1. The standard InChI is InChI=1S/C16H17NO2/c1-4-8-17(9-5-2)13-6-7-14-12(3)16(11-18)19-15(14)10-13/h4-7,10-11H,1-2,8-9H2,3H3. The van der Waals surface area contributed by atoms with E-state index in [2.05, 4.69) is 18.1 Å². The Morgan fingerprint density at radius 3 is 2.53 bits per heavy atom. The molecule has 0 amide bonds. The van der Waals surface area contributed by atoms with Crippen LogP contribution in [0.4, 0.5) is 5.69 Å². The van der Waals surface area contributed by atoms with Crippen molar-refractivity contribution in [3.05, 3.63) is 54.8 Å². The second kappa shape index (κ2) is 5.57. The van der Waals surface area contributed by atoms with E-state index in [4.69, 9.17) is 4.42 Å². The molecule has 0 aliphatic heterocycles. The molecule has 1 aromatic carbocycles. The minimum absolute atomic E-state index is 0.395. The molecule has 98 valence electrons. The van der Waals surface area contributed by atoms with Gasteiger partial charge in [0.2, 0.25) is 0 Å². The van der Waals surface area contributed by atoms with E-state index in [-0.39, 0.29) is 0 Å². The molecule has 0 aliphatic carbocycles. The number of carbonyl (C=O) groups excluding carboxylic acids is 1. The third kappa shape index (κ3) is 2.45. The highest BCUT2D eigenvalue weighted by Crippen LogP contribution is 2.28. The van der Waals surface area contributed by atoms with E-state index in [9.17, 15) is 4.79 Å². The molecule has 19 heavy (non-hydrogen) atoms. The van der Waals surface area contributed by atoms with E-state index < -0.39 is 0 Å². The molecule has 0 aliphatic rings. The molecule has 0 unspecified atom stereocenters. The fourth-order valence-corrected chi connectivity index (χ4v) is 2.14. The summed E-state index contributed by atoms with van der Waals surface area (Å²) in [5.74, 6) is 0.395. The first-order chi connectivity index (χ1) is 9.21. The highest BCUT2D eigenvalue weighted by atomic mass is 16.3. The Morgan fingerprint density at radius 1 is 1.26 bits per heavy atom. The van der Waals surface area contributed by atoms with Crippen molar-refractivity contribution in [1.82, 2.24) is 0 Å². The maximum Gasteiger partial charge on any atom is 0.185 e. The van der Waals surface area contributed by atoms with Gasteiger partial charge in [0.25, 0.3) is 0 Å². The Morgan fingerprint density at radius 2 is 1.95 bits per heavy atom. The summed E-state index contributed by atoms with van der Waals surface area (Å²) >= 11 is 0. The lowest BCUT2D eigenvalue weighted by Crippen LogP contribution is -2.22. The number of hydrogen-bond acceptors (Lipinski definition) is 3. The highest BCUT2D eigenvalue weighted by Gasteiger charge is 2.11. The molecular weight excluding hydrogens is 238 g/mol. The first kappa shape index (κ1) is 13.1. The third-order valence-electron chi connectivity index (χ3n) is 3.13. The van der Waals surface area contributed by atoms with Crippen LogP contribution in [0.25, 0.3) is 11.0 Å². The van der Waals surface area contributed by atoms with Crippen LogP contribution < -0.4 is 4.90 Å². The molecule has 2 rings (SSSR count). The molecule has 0 atom stereocenters. The van der Waals surface area contributed by atoms with Gasteiger partial charge in [0, 0.05) is 35.8 Å². The van der Waals surface area contributed by atoms with Crippen molar-refractivity contribution in [1.29, 1.82) is 0 Å². The Bertz CT molecular complexity index is 615. The van der Waals surface area contributed by atoms with E-state index in [0.29, 0.717) is 5.76 Å². The Hall–Kier alpha value is -2.29. The number of nitrogens with zero attached hydrogens (tertiary/aromatic N) is 1. The fraction of sp³-hybridized carbons (Fsp3) is 0.188. The second-order valence-corrected chi connectivity index (χ2v) is 4.37. The van der Waals surface area contributed by atoms with E-state index >= 15 is 0 Å². The Labute approximate surface area is 112 Å². The van der Waals surface area contributed by atoms with Gasteiger partial charge in [0.05, 0.1) is 0 Å². The molecule has 3 nitrogen and oxygen atoms in total. The van der Waals surface area contributed by atoms with Crippen molar-refractivity contribution in [2.24, 2.45) is 0 Å². The zero-order valence-corrected chi connectivity index (χ0v) is 11.1. The number of aldehydes is 1. The lowest BCUT2D eigenvalue weighted by atomic mass is 10.1. The van der Waals surface area contributed by atoms with Crippen LogP contribution >= 0.6 is 0 Å². The largest absolute Gasteiger partial charge is 0.453 e. The number of rotatable bonds is 6. The van der Waals surface area contributed by atoms with Gasteiger partial charge in [-0.15, -0.1) is 13.2 Å². The molecule has 1 aromatic heterocycles. The van der Waals surface area contributed by atoms with Crippen LogP contribution in [-0.2, 0) is 0 Å².